The number of hydrogen-bond donors (Lipinski definition) is 1. The van der Waals surface area contributed by atoms with E-state index >= 15 is 0 Å². The Balaban J connectivity index is 1.93. The average Bonchev–Trinajstić information content (AvgIpc) is 2.82. The van der Waals surface area contributed by atoms with Crippen LogP contribution in [0.25, 0.3) is 0 Å². The molecule has 0 bridgehead atoms. The smallest absolute Gasteiger partial charge is 0.303 e. The third-order valence-electron chi connectivity index (χ3n) is 3.10. The Hall–Kier alpha value is -1.58. The van der Waals surface area contributed by atoms with Gasteiger partial charge in [0, 0.05) is 25.7 Å². The molecule has 17 heavy (non-hydrogen) atoms. The molecule has 2 heterocycles. The topological polar surface area (TPSA) is 53.4 Å². The van der Waals surface area contributed by atoms with E-state index < -0.39 is 5.97 Å². The van der Waals surface area contributed by atoms with Gasteiger partial charge in [-0.2, -0.15) is 0 Å². The number of carbonyl (C=O) groups is 1. The number of rotatable bonds is 5. The molecule has 0 aromatic carbocycles. The van der Waals surface area contributed by atoms with Crippen LogP contribution in [-0.2, 0) is 11.2 Å². The summed E-state index contributed by atoms with van der Waals surface area (Å²) < 4.78 is 0. The number of aryl methyl sites for hydroxylation is 1. The minimum Gasteiger partial charge on any atom is -0.481 e. The lowest BCUT2D eigenvalue weighted by Gasteiger charge is -2.16. The van der Waals surface area contributed by atoms with Crippen LogP contribution in [0, 0.1) is 0 Å². The van der Waals surface area contributed by atoms with Crippen molar-refractivity contribution in [3.63, 3.8) is 0 Å². The van der Waals surface area contributed by atoms with Crippen LogP contribution in [-0.4, -0.2) is 29.1 Å². The molecule has 0 radical (unpaired) electrons. The van der Waals surface area contributed by atoms with Gasteiger partial charge in [0.2, 0.25) is 0 Å². The Labute approximate surface area is 101 Å². The fourth-order valence-electron chi connectivity index (χ4n) is 2.18. The molecule has 0 unspecified atom stereocenters. The van der Waals surface area contributed by atoms with Crippen molar-refractivity contribution >= 4 is 11.8 Å². The van der Waals surface area contributed by atoms with Gasteiger partial charge in [0.05, 0.1) is 0 Å². The first-order chi connectivity index (χ1) is 8.25. The van der Waals surface area contributed by atoms with Crippen LogP contribution in [0.15, 0.2) is 18.3 Å². The number of pyridine rings is 1. The molecular weight excluding hydrogens is 216 g/mol. The van der Waals surface area contributed by atoms with Crippen LogP contribution in [0.4, 0.5) is 5.82 Å². The van der Waals surface area contributed by atoms with E-state index in [2.05, 4.69) is 16.0 Å². The second-order valence-corrected chi connectivity index (χ2v) is 4.46. The highest BCUT2D eigenvalue weighted by molar-refractivity contribution is 5.66. The van der Waals surface area contributed by atoms with Crippen molar-refractivity contribution in [3.05, 3.63) is 23.9 Å². The number of hydrogen-bond acceptors (Lipinski definition) is 3. The van der Waals surface area contributed by atoms with Crippen molar-refractivity contribution in [1.82, 2.24) is 4.98 Å². The van der Waals surface area contributed by atoms with Crippen LogP contribution in [0.3, 0.4) is 0 Å². The number of anilines is 1. The summed E-state index contributed by atoms with van der Waals surface area (Å²) in [6.07, 6.45) is 6.05. The molecule has 4 nitrogen and oxygen atoms in total. The summed E-state index contributed by atoms with van der Waals surface area (Å²) >= 11 is 0. The zero-order valence-electron chi connectivity index (χ0n) is 9.93. The van der Waals surface area contributed by atoms with Crippen LogP contribution < -0.4 is 4.90 Å². The number of carboxylic acids is 1. The summed E-state index contributed by atoms with van der Waals surface area (Å²) in [7, 11) is 0. The molecule has 0 saturated carbocycles. The minimum absolute atomic E-state index is 0.237. The highest BCUT2D eigenvalue weighted by atomic mass is 16.4. The number of aliphatic carboxylic acids is 1. The Morgan fingerprint density at radius 3 is 2.88 bits per heavy atom. The lowest BCUT2D eigenvalue weighted by molar-refractivity contribution is -0.137. The zero-order chi connectivity index (χ0) is 12.1. The maximum Gasteiger partial charge on any atom is 0.303 e. The summed E-state index contributed by atoms with van der Waals surface area (Å²) in [5.41, 5.74) is 1.18. The average molecular weight is 234 g/mol. The molecule has 0 spiro atoms. The Bertz CT molecular complexity index is 387. The largest absolute Gasteiger partial charge is 0.481 e. The minimum atomic E-state index is -0.723. The molecule has 0 aliphatic carbocycles. The number of aromatic nitrogens is 1. The van der Waals surface area contributed by atoms with Crippen molar-refractivity contribution in [2.24, 2.45) is 0 Å². The van der Waals surface area contributed by atoms with Gasteiger partial charge in [-0.05, 0) is 43.4 Å². The molecule has 0 amide bonds. The molecule has 4 heteroatoms. The van der Waals surface area contributed by atoms with E-state index in [1.807, 2.05) is 12.3 Å². The fraction of sp³-hybridized carbons (Fsp3) is 0.538. The lowest BCUT2D eigenvalue weighted by Crippen LogP contribution is -2.18. The van der Waals surface area contributed by atoms with Gasteiger partial charge in [0.25, 0.3) is 0 Å². The van der Waals surface area contributed by atoms with E-state index in [0.717, 1.165) is 25.3 Å². The Morgan fingerprint density at radius 1 is 1.41 bits per heavy atom. The van der Waals surface area contributed by atoms with Gasteiger partial charge in [0.15, 0.2) is 0 Å². The molecule has 0 atom stereocenters. The van der Waals surface area contributed by atoms with E-state index in [0.29, 0.717) is 6.42 Å². The molecule has 1 fully saturated rings. The third kappa shape index (κ3) is 3.44. The van der Waals surface area contributed by atoms with Gasteiger partial charge in [-0.15, -0.1) is 0 Å². The molecule has 1 aliphatic rings. The summed E-state index contributed by atoms with van der Waals surface area (Å²) in [5, 5.41) is 8.60. The van der Waals surface area contributed by atoms with Gasteiger partial charge in [0.1, 0.15) is 5.82 Å². The molecule has 1 N–H and O–H groups in total. The van der Waals surface area contributed by atoms with Gasteiger partial charge in [-0.3, -0.25) is 4.79 Å². The predicted octanol–water partition coefficient (Wildman–Crippen LogP) is 2.09. The second-order valence-electron chi connectivity index (χ2n) is 4.46. The molecule has 1 aromatic heterocycles. The Morgan fingerprint density at radius 2 is 2.18 bits per heavy atom. The van der Waals surface area contributed by atoms with E-state index in [1.165, 1.54) is 18.4 Å². The van der Waals surface area contributed by atoms with Crippen molar-refractivity contribution in [2.45, 2.75) is 32.1 Å². The highest BCUT2D eigenvalue weighted by Gasteiger charge is 2.13. The standard InChI is InChI=1S/C13H18N2O2/c16-13(17)5-3-4-11-6-7-14-12(10-11)15-8-1-2-9-15/h6-7,10H,1-5,8-9H2,(H,16,17). The predicted molar refractivity (Wildman–Crippen MR) is 66.3 cm³/mol. The van der Waals surface area contributed by atoms with Crippen molar-refractivity contribution < 1.29 is 9.90 Å². The lowest BCUT2D eigenvalue weighted by atomic mass is 10.1. The van der Waals surface area contributed by atoms with Gasteiger partial charge < -0.3 is 10.0 Å². The SMILES string of the molecule is O=C(O)CCCc1ccnc(N2CCCC2)c1. The van der Waals surface area contributed by atoms with Gasteiger partial charge >= 0.3 is 5.97 Å². The molecule has 1 aromatic rings. The van der Waals surface area contributed by atoms with E-state index in [1.54, 1.807) is 0 Å². The van der Waals surface area contributed by atoms with Crippen molar-refractivity contribution in [3.8, 4) is 0 Å². The molecule has 1 aliphatic heterocycles. The molecule has 1 saturated heterocycles. The van der Waals surface area contributed by atoms with Crippen LogP contribution in [0.2, 0.25) is 0 Å². The van der Waals surface area contributed by atoms with Gasteiger partial charge in [-0.25, -0.2) is 4.98 Å². The summed E-state index contributed by atoms with van der Waals surface area (Å²) in [5.74, 6) is 0.314. The van der Waals surface area contributed by atoms with Gasteiger partial charge in [-0.1, -0.05) is 0 Å². The summed E-state index contributed by atoms with van der Waals surface area (Å²) in [6, 6.07) is 4.06. The monoisotopic (exact) mass is 234 g/mol. The number of nitrogens with zero attached hydrogens (tertiary/aromatic N) is 2. The summed E-state index contributed by atoms with van der Waals surface area (Å²) in [4.78, 5) is 17.1. The van der Waals surface area contributed by atoms with Crippen molar-refractivity contribution in [1.29, 1.82) is 0 Å². The maximum atomic E-state index is 10.4. The van der Waals surface area contributed by atoms with E-state index in [9.17, 15) is 4.79 Å². The number of carboxylic acid groups (broad SMARTS) is 1. The van der Waals surface area contributed by atoms with E-state index in [-0.39, 0.29) is 6.42 Å². The summed E-state index contributed by atoms with van der Waals surface area (Å²) in [6.45, 7) is 2.18. The molecular formula is C13H18N2O2. The quantitative estimate of drug-likeness (QED) is 0.847. The molecule has 92 valence electrons. The first-order valence-electron chi connectivity index (χ1n) is 6.17. The first kappa shape index (κ1) is 11.9. The maximum absolute atomic E-state index is 10.4. The second kappa shape index (κ2) is 5.66. The molecule has 2 rings (SSSR count). The van der Waals surface area contributed by atoms with Crippen LogP contribution in [0.1, 0.15) is 31.2 Å². The van der Waals surface area contributed by atoms with Crippen LogP contribution in [0.5, 0.6) is 0 Å². The van der Waals surface area contributed by atoms with Crippen molar-refractivity contribution in [2.75, 3.05) is 18.0 Å². The zero-order valence-corrected chi connectivity index (χ0v) is 9.93. The fourth-order valence-corrected chi connectivity index (χ4v) is 2.18. The third-order valence-corrected chi connectivity index (χ3v) is 3.10. The first-order valence-corrected chi connectivity index (χ1v) is 6.17. The Kier molecular flexibility index (Phi) is 3.96. The normalized spacial score (nSPS) is 15.2. The van der Waals surface area contributed by atoms with E-state index in [4.69, 9.17) is 5.11 Å². The van der Waals surface area contributed by atoms with Crippen LogP contribution >= 0.6 is 0 Å². The highest BCUT2D eigenvalue weighted by Crippen LogP contribution is 2.19.